The Morgan fingerprint density at radius 1 is 1.36 bits per heavy atom. The van der Waals surface area contributed by atoms with Crippen LogP contribution in [-0.2, 0) is 23.2 Å². The van der Waals surface area contributed by atoms with Crippen LogP contribution in [0.2, 0.25) is 5.02 Å². The van der Waals surface area contributed by atoms with Crippen LogP contribution < -0.4 is 0 Å². The van der Waals surface area contributed by atoms with Crippen molar-refractivity contribution >= 4 is 22.6 Å². The van der Waals surface area contributed by atoms with Gasteiger partial charge in [0.05, 0.1) is 6.26 Å². The second-order valence-electron chi connectivity index (χ2n) is 3.00. The minimum absolute atomic E-state index is 0. The van der Waals surface area contributed by atoms with E-state index in [1.807, 2.05) is 18.2 Å². The molecule has 1 heterocycles. The van der Waals surface area contributed by atoms with Crippen LogP contribution in [0.25, 0.3) is 11.0 Å². The SMILES string of the molecule is [CH2-]CCc1coc2ccc(Cl)cc12.[Co]. The molecular weight excluding hydrogens is 243 g/mol. The normalized spacial score (nSPS) is 10.1. The number of hydrogen-bond acceptors (Lipinski definition) is 1. The second-order valence-corrected chi connectivity index (χ2v) is 3.44. The van der Waals surface area contributed by atoms with Gasteiger partial charge in [-0.15, -0.1) is 0 Å². The summed E-state index contributed by atoms with van der Waals surface area (Å²) in [6.07, 6.45) is 3.60. The van der Waals surface area contributed by atoms with E-state index in [0.29, 0.717) is 0 Å². The van der Waals surface area contributed by atoms with Gasteiger partial charge in [0.1, 0.15) is 5.58 Å². The minimum atomic E-state index is 0. The van der Waals surface area contributed by atoms with E-state index >= 15 is 0 Å². The van der Waals surface area contributed by atoms with E-state index in [1.54, 1.807) is 6.26 Å². The summed E-state index contributed by atoms with van der Waals surface area (Å²) in [6, 6.07) is 5.66. The van der Waals surface area contributed by atoms with Crippen LogP contribution in [0.3, 0.4) is 0 Å². The minimum Gasteiger partial charge on any atom is -0.464 e. The van der Waals surface area contributed by atoms with Gasteiger partial charge < -0.3 is 11.3 Å². The zero-order chi connectivity index (χ0) is 9.26. The first-order valence-corrected chi connectivity index (χ1v) is 4.64. The largest absolute Gasteiger partial charge is 0.464 e. The molecule has 0 aliphatic carbocycles. The summed E-state index contributed by atoms with van der Waals surface area (Å²) in [5, 5.41) is 1.86. The van der Waals surface area contributed by atoms with Crippen LogP contribution in [-0.4, -0.2) is 0 Å². The van der Waals surface area contributed by atoms with Crippen molar-refractivity contribution in [3.63, 3.8) is 0 Å². The van der Waals surface area contributed by atoms with E-state index in [-0.39, 0.29) is 16.8 Å². The molecule has 1 nitrogen and oxygen atoms in total. The monoisotopic (exact) mass is 252 g/mol. The van der Waals surface area contributed by atoms with Crippen molar-refractivity contribution in [3.8, 4) is 0 Å². The predicted octanol–water partition coefficient (Wildman–Crippen LogP) is 3.85. The van der Waals surface area contributed by atoms with Crippen molar-refractivity contribution in [2.45, 2.75) is 12.8 Å². The van der Waals surface area contributed by atoms with Gasteiger partial charge in [-0.25, -0.2) is 0 Å². The molecule has 2 aromatic rings. The molecule has 0 bridgehead atoms. The van der Waals surface area contributed by atoms with E-state index in [9.17, 15) is 0 Å². The van der Waals surface area contributed by atoms with Gasteiger partial charge in [0.25, 0.3) is 0 Å². The summed E-state index contributed by atoms with van der Waals surface area (Å²) in [7, 11) is 0. The first-order valence-electron chi connectivity index (χ1n) is 4.26. The van der Waals surface area contributed by atoms with Crippen LogP contribution in [0.4, 0.5) is 0 Å². The molecule has 0 spiro atoms. The summed E-state index contributed by atoms with van der Waals surface area (Å²) >= 11 is 5.89. The van der Waals surface area contributed by atoms with E-state index in [1.165, 1.54) is 5.56 Å². The molecule has 1 radical (unpaired) electrons. The molecule has 2 rings (SSSR count). The van der Waals surface area contributed by atoms with Crippen LogP contribution >= 0.6 is 11.6 Å². The Morgan fingerprint density at radius 2 is 2.14 bits per heavy atom. The van der Waals surface area contributed by atoms with Crippen molar-refractivity contribution in [1.82, 2.24) is 0 Å². The van der Waals surface area contributed by atoms with Gasteiger partial charge in [0, 0.05) is 27.2 Å². The molecule has 0 amide bonds. The second kappa shape index (κ2) is 4.87. The molecule has 0 saturated heterocycles. The number of fused-ring (bicyclic) bond motifs is 1. The Labute approximate surface area is 98.6 Å². The van der Waals surface area contributed by atoms with E-state index in [4.69, 9.17) is 16.0 Å². The Bertz CT molecular complexity index is 422. The molecule has 0 atom stereocenters. The topological polar surface area (TPSA) is 13.1 Å². The molecule has 0 saturated carbocycles. The zero-order valence-electron chi connectivity index (χ0n) is 7.55. The maximum atomic E-state index is 5.89. The molecule has 0 aliphatic heterocycles. The van der Waals surface area contributed by atoms with Crippen LogP contribution in [0.5, 0.6) is 0 Å². The smallest absolute Gasteiger partial charge is 0.134 e. The third-order valence-electron chi connectivity index (χ3n) is 2.06. The Hall–Kier alpha value is -0.444. The quantitative estimate of drug-likeness (QED) is 0.740. The van der Waals surface area contributed by atoms with Crippen molar-refractivity contribution in [3.05, 3.63) is 42.0 Å². The molecule has 14 heavy (non-hydrogen) atoms. The molecule has 0 unspecified atom stereocenters. The fourth-order valence-corrected chi connectivity index (χ4v) is 1.61. The molecule has 0 aliphatic rings. The van der Waals surface area contributed by atoms with Crippen molar-refractivity contribution in [2.75, 3.05) is 0 Å². The molecule has 0 fully saturated rings. The van der Waals surface area contributed by atoms with Crippen LogP contribution in [0, 0.1) is 6.92 Å². The maximum Gasteiger partial charge on any atom is 0.134 e. The standard InChI is InChI=1S/C11H10ClO.Co/c1-2-3-8-7-13-11-5-4-9(12)6-10(8)11;/h4-7H,1-3H2;/q-1;. The summed E-state index contributed by atoms with van der Waals surface area (Å²) in [6.45, 7) is 3.82. The molecule has 1 aromatic heterocycles. The summed E-state index contributed by atoms with van der Waals surface area (Å²) in [4.78, 5) is 0. The predicted molar refractivity (Wildman–Crippen MR) is 54.9 cm³/mol. The first kappa shape index (κ1) is 11.6. The number of hydrogen-bond donors (Lipinski definition) is 0. The van der Waals surface area contributed by atoms with E-state index in [2.05, 4.69) is 6.92 Å². The van der Waals surface area contributed by atoms with E-state index in [0.717, 1.165) is 28.8 Å². The molecule has 3 heteroatoms. The molecule has 77 valence electrons. The number of aryl methyl sites for hydroxylation is 1. The first-order chi connectivity index (χ1) is 6.31. The van der Waals surface area contributed by atoms with Gasteiger partial charge >= 0.3 is 0 Å². The van der Waals surface area contributed by atoms with Gasteiger partial charge in [-0.1, -0.05) is 18.0 Å². The van der Waals surface area contributed by atoms with Gasteiger partial charge in [-0.05, 0) is 23.8 Å². The van der Waals surface area contributed by atoms with Gasteiger partial charge in [-0.2, -0.15) is 6.42 Å². The van der Waals surface area contributed by atoms with E-state index < -0.39 is 0 Å². The van der Waals surface area contributed by atoms with Crippen molar-refractivity contribution in [2.24, 2.45) is 0 Å². The molecular formula is C11H10ClCoO-. The average molecular weight is 253 g/mol. The third-order valence-corrected chi connectivity index (χ3v) is 2.30. The molecule has 1 aromatic carbocycles. The summed E-state index contributed by atoms with van der Waals surface area (Å²) in [5.74, 6) is 0. The number of benzene rings is 1. The number of halogens is 1. The van der Waals surface area contributed by atoms with Gasteiger partial charge in [-0.3, -0.25) is 0 Å². The number of rotatable bonds is 2. The fraction of sp³-hybridized carbons (Fsp3) is 0.182. The Balaban J connectivity index is 0.000000980. The third kappa shape index (κ3) is 2.14. The van der Waals surface area contributed by atoms with Crippen LogP contribution in [0.15, 0.2) is 28.9 Å². The molecule has 0 N–H and O–H groups in total. The average Bonchev–Trinajstić information content (AvgIpc) is 2.49. The zero-order valence-corrected chi connectivity index (χ0v) is 9.35. The van der Waals surface area contributed by atoms with Crippen LogP contribution in [0.1, 0.15) is 12.0 Å². The maximum absolute atomic E-state index is 5.89. The number of furan rings is 1. The Kier molecular flexibility index (Phi) is 4.05. The Morgan fingerprint density at radius 3 is 2.86 bits per heavy atom. The van der Waals surface area contributed by atoms with Gasteiger partial charge in [0.2, 0.25) is 0 Å². The van der Waals surface area contributed by atoms with Gasteiger partial charge in [0.15, 0.2) is 0 Å². The summed E-state index contributed by atoms with van der Waals surface area (Å²) in [5.41, 5.74) is 2.08. The van der Waals surface area contributed by atoms with Crippen molar-refractivity contribution in [1.29, 1.82) is 0 Å². The van der Waals surface area contributed by atoms with Crippen molar-refractivity contribution < 1.29 is 21.2 Å². The fourth-order valence-electron chi connectivity index (χ4n) is 1.44. The summed E-state index contributed by atoms with van der Waals surface area (Å²) < 4.78 is 5.37.